The van der Waals surface area contributed by atoms with Crippen LogP contribution in [-0.2, 0) is 33.2 Å². The Morgan fingerprint density at radius 2 is 1.74 bits per heavy atom. The fourth-order valence-electron chi connectivity index (χ4n) is 4.24. The van der Waals surface area contributed by atoms with E-state index in [2.05, 4.69) is 5.32 Å². The standard InChI is InChI=1S/C28H29F2N3O4S/c1-5-33-24-14-10-20(31-26(34)15-18-7-11-21(12-8-18)38(35,36)6-2)17-23(24)32-27(33)28(3,4)37-25-16-19(29)9-13-22(25)30/h7-14,16-17H,5-6,15H2,1-4H3,(H,31,34). The molecular formula is C28H29F2N3O4S. The Labute approximate surface area is 220 Å². The van der Waals surface area contributed by atoms with Crippen LogP contribution in [0.2, 0.25) is 0 Å². The summed E-state index contributed by atoms with van der Waals surface area (Å²) in [5.74, 6) is -1.23. The summed E-state index contributed by atoms with van der Waals surface area (Å²) in [5.41, 5.74) is 1.52. The number of imidazole rings is 1. The largest absolute Gasteiger partial charge is 0.477 e. The van der Waals surface area contributed by atoms with Gasteiger partial charge in [-0.15, -0.1) is 0 Å². The molecule has 4 aromatic rings. The molecule has 1 N–H and O–H groups in total. The van der Waals surface area contributed by atoms with Crippen molar-refractivity contribution in [3.8, 4) is 5.75 Å². The number of aromatic nitrogens is 2. The maximum atomic E-state index is 14.2. The summed E-state index contributed by atoms with van der Waals surface area (Å²) < 4.78 is 59.7. The van der Waals surface area contributed by atoms with Gasteiger partial charge in [-0.2, -0.15) is 0 Å². The van der Waals surface area contributed by atoms with Crippen molar-refractivity contribution in [3.63, 3.8) is 0 Å². The highest BCUT2D eigenvalue weighted by Crippen LogP contribution is 2.32. The molecular weight excluding hydrogens is 512 g/mol. The molecule has 0 atom stereocenters. The summed E-state index contributed by atoms with van der Waals surface area (Å²) in [6, 6.07) is 14.6. The number of amides is 1. The number of rotatable bonds is 9. The number of carbonyl (C=O) groups is 1. The van der Waals surface area contributed by atoms with Gasteiger partial charge in [-0.05, 0) is 68.8 Å². The minimum absolute atomic E-state index is 0.00974. The average Bonchev–Trinajstić information content (AvgIpc) is 3.25. The molecule has 4 rings (SSSR count). The van der Waals surface area contributed by atoms with Gasteiger partial charge in [-0.1, -0.05) is 19.1 Å². The predicted octanol–water partition coefficient (Wildman–Crippen LogP) is 5.62. The van der Waals surface area contributed by atoms with Gasteiger partial charge in [0.25, 0.3) is 0 Å². The fraction of sp³-hybridized carbons (Fsp3) is 0.286. The molecule has 10 heteroatoms. The highest BCUT2D eigenvalue weighted by atomic mass is 32.2. The van der Waals surface area contributed by atoms with Crippen LogP contribution in [0.25, 0.3) is 11.0 Å². The van der Waals surface area contributed by atoms with Crippen molar-refractivity contribution >= 4 is 32.5 Å². The van der Waals surface area contributed by atoms with Gasteiger partial charge in [0.2, 0.25) is 5.91 Å². The van der Waals surface area contributed by atoms with Crippen LogP contribution >= 0.6 is 0 Å². The molecule has 0 aliphatic carbocycles. The zero-order valence-electron chi connectivity index (χ0n) is 21.6. The Kier molecular flexibility index (Phi) is 7.55. The number of fused-ring (bicyclic) bond motifs is 1. The average molecular weight is 542 g/mol. The van der Waals surface area contributed by atoms with Crippen LogP contribution < -0.4 is 10.1 Å². The Morgan fingerprint density at radius 3 is 2.39 bits per heavy atom. The number of halogens is 2. The SMILES string of the molecule is CCn1c(C(C)(C)Oc2cc(F)ccc2F)nc2cc(NC(=O)Cc3ccc(S(=O)(=O)CC)cc3)ccc21. The van der Waals surface area contributed by atoms with Crippen molar-refractivity contribution in [1.82, 2.24) is 9.55 Å². The van der Waals surface area contributed by atoms with Crippen LogP contribution in [0.15, 0.2) is 65.6 Å². The number of aryl methyl sites for hydroxylation is 1. The highest BCUT2D eigenvalue weighted by Gasteiger charge is 2.31. The van der Waals surface area contributed by atoms with Gasteiger partial charge in [0.05, 0.1) is 28.1 Å². The van der Waals surface area contributed by atoms with Gasteiger partial charge in [-0.3, -0.25) is 4.79 Å². The van der Waals surface area contributed by atoms with Gasteiger partial charge in [0.1, 0.15) is 5.82 Å². The summed E-state index contributed by atoms with van der Waals surface area (Å²) in [6.07, 6.45) is 0.0687. The molecule has 7 nitrogen and oxygen atoms in total. The molecule has 0 radical (unpaired) electrons. The lowest BCUT2D eigenvalue weighted by molar-refractivity contribution is -0.115. The molecule has 1 heterocycles. The second-order valence-corrected chi connectivity index (χ2v) is 11.6. The van der Waals surface area contributed by atoms with Gasteiger partial charge < -0.3 is 14.6 Å². The topological polar surface area (TPSA) is 90.3 Å². The van der Waals surface area contributed by atoms with E-state index in [0.29, 0.717) is 29.1 Å². The number of anilines is 1. The lowest BCUT2D eigenvalue weighted by Crippen LogP contribution is -2.30. The van der Waals surface area contributed by atoms with Crippen LogP contribution in [0.3, 0.4) is 0 Å². The Balaban J connectivity index is 1.54. The smallest absolute Gasteiger partial charge is 0.228 e. The first-order chi connectivity index (χ1) is 17.9. The quantitative estimate of drug-likeness (QED) is 0.297. The number of sulfone groups is 1. The first-order valence-corrected chi connectivity index (χ1v) is 13.8. The maximum Gasteiger partial charge on any atom is 0.228 e. The zero-order valence-corrected chi connectivity index (χ0v) is 22.4. The number of ether oxygens (including phenoxy) is 1. The molecule has 0 spiro atoms. The number of hydrogen-bond donors (Lipinski definition) is 1. The van der Waals surface area contributed by atoms with E-state index in [-0.39, 0.29) is 28.7 Å². The number of nitrogens with zero attached hydrogens (tertiary/aromatic N) is 2. The maximum absolute atomic E-state index is 14.2. The summed E-state index contributed by atoms with van der Waals surface area (Å²) in [4.78, 5) is 17.6. The van der Waals surface area contributed by atoms with E-state index in [0.717, 1.165) is 23.7 Å². The molecule has 0 aliphatic rings. The lowest BCUT2D eigenvalue weighted by Gasteiger charge is -2.27. The van der Waals surface area contributed by atoms with Crippen molar-refractivity contribution in [3.05, 3.63) is 83.7 Å². The summed E-state index contributed by atoms with van der Waals surface area (Å²) >= 11 is 0. The van der Waals surface area contributed by atoms with E-state index >= 15 is 0 Å². The third-order valence-electron chi connectivity index (χ3n) is 6.17. The molecule has 3 aromatic carbocycles. The first-order valence-electron chi connectivity index (χ1n) is 12.2. The summed E-state index contributed by atoms with van der Waals surface area (Å²) in [7, 11) is -3.30. The van der Waals surface area contributed by atoms with Crippen LogP contribution in [-0.4, -0.2) is 29.6 Å². The highest BCUT2D eigenvalue weighted by molar-refractivity contribution is 7.91. The Hall–Kier alpha value is -3.79. The molecule has 0 fully saturated rings. The van der Waals surface area contributed by atoms with Crippen molar-refractivity contribution in [2.45, 2.75) is 51.2 Å². The van der Waals surface area contributed by atoms with E-state index in [1.54, 1.807) is 45.0 Å². The normalized spacial score (nSPS) is 12.1. The molecule has 0 bridgehead atoms. The van der Waals surface area contributed by atoms with Crippen molar-refractivity contribution in [2.75, 3.05) is 11.1 Å². The van der Waals surface area contributed by atoms with Crippen LogP contribution in [0, 0.1) is 11.6 Å². The molecule has 0 aliphatic heterocycles. The minimum Gasteiger partial charge on any atom is -0.477 e. The molecule has 0 saturated carbocycles. The van der Waals surface area contributed by atoms with Crippen LogP contribution in [0.5, 0.6) is 5.75 Å². The van der Waals surface area contributed by atoms with E-state index in [4.69, 9.17) is 9.72 Å². The molecule has 200 valence electrons. The monoisotopic (exact) mass is 541 g/mol. The lowest BCUT2D eigenvalue weighted by atomic mass is 10.1. The minimum atomic E-state index is -3.30. The third kappa shape index (κ3) is 5.70. The molecule has 1 amide bonds. The summed E-state index contributed by atoms with van der Waals surface area (Å²) in [6.45, 7) is 7.53. The third-order valence-corrected chi connectivity index (χ3v) is 7.92. The second kappa shape index (κ2) is 10.5. The second-order valence-electron chi connectivity index (χ2n) is 9.34. The molecule has 0 saturated heterocycles. The number of nitrogens with one attached hydrogen (secondary N) is 1. The van der Waals surface area contributed by atoms with Gasteiger partial charge in [0.15, 0.2) is 32.8 Å². The number of benzene rings is 3. The van der Waals surface area contributed by atoms with Gasteiger partial charge in [0, 0.05) is 18.3 Å². The zero-order chi connectivity index (χ0) is 27.7. The summed E-state index contributed by atoms with van der Waals surface area (Å²) in [5, 5.41) is 2.85. The predicted molar refractivity (Wildman–Crippen MR) is 142 cm³/mol. The van der Waals surface area contributed by atoms with E-state index < -0.39 is 27.1 Å². The first kappa shape index (κ1) is 27.3. The number of carbonyl (C=O) groups excluding carboxylic acids is 1. The fourth-order valence-corrected chi connectivity index (χ4v) is 5.12. The van der Waals surface area contributed by atoms with Crippen molar-refractivity contribution in [1.29, 1.82) is 0 Å². The van der Waals surface area contributed by atoms with E-state index in [1.807, 2.05) is 17.6 Å². The van der Waals surface area contributed by atoms with Gasteiger partial charge in [-0.25, -0.2) is 22.2 Å². The van der Waals surface area contributed by atoms with Crippen molar-refractivity contribution in [2.24, 2.45) is 0 Å². The molecule has 1 aromatic heterocycles. The Bertz CT molecular complexity index is 1600. The van der Waals surface area contributed by atoms with Crippen molar-refractivity contribution < 1.29 is 26.7 Å². The van der Waals surface area contributed by atoms with E-state index in [9.17, 15) is 22.0 Å². The van der Waals surface area contributed by atoms with Crippen LogP contribution in [0.1, 0.15) is 39.1 Å². The molecule has 38 heavy (non-hydrogen) atoms. The van der Waals surface area contributed by atoms with Gasteiger partial charge >= 0.3 is 0 Å². The number of hydrogen-bond acceptors (Lipinski definition) is 5. The van der Waals surface area contributed by atoms with E-state index in [1.165, 1.54) is 12.1 Å². The molecule has 0 unspecified atom stereocenters. The Morgan fingerprint density at radius 1 is 1.03 bits per heavy atom. The van der Waals surface area contributed by atoms with Crippen LogP contribution in [0.4, 0.5) is 14.5 Å².